The number of carbonyl (C=O) groups is 1. The Bertz CT molecular complexity index is 710. The molecule has 1 aromatic carbocycles. The normalized spacial score (nSPS) is 9.95. The molecule has 2 rings (SSSR count). The lowest BCUT2D eigenvalue weighted by Gasteiger charge is -2.11. The highest BCUT2D eigenvalue weighted by Crippen LogP contribution is 2.22. The molecule has 0 fully saturated rings. The Balaban J connectivity index is 2.06. The van der Waals surface area contributed by atoms with Gasteiger partial charge in [-0.2, -0.15) is 0 Å². The maximum atomic E-state index is 12.2. The first-order valence-electron chi connectivity index (χ1n) is 6.07. The van der Waals surface area contributed by atoms with Gasteiger partial charge in [-0.15, -0.1) is 0 Å². The van der Waals surface area contributed by atoms with Crippen molar-refractivity contribution in [1.82, 2.24) is 10.3 Å². The summed E-state index contributed by atoms with van der Waals surface area (Å²) in [6.07, 6.45) is 1.62. The SMILES string of the molecule is COc1ccc(Cl)cc1C(=O)NC(=S)Nc1ccc(Br)cn1. The summed E-state index contributed by atoms with van der Waals surface area (Å²) in [5, 5.41) is 5.92. The molecule has 0 aliphatic carbocycles. The highest BCUT2D eigenvalue weighted by Gasteiger charge is 2.14. The van der Waals surface area contributed by atoms with Crippen LogP contribution in [0, 0.1) is 0 Å². The van der Waals surface area contributed by atoms with E-state index in [2.05, 4.69) is 31.5 Å². The fraction of sp³-hybridized carbons (Fsp3) is 0.0714. The van der Waals surface area contributed by atoms with E-state index in [0.29, 0.717) is 22.2 Å². The van der Waals surface area contributed by atoms with E-state index < -0.39 is 5.91 Å². The summed E-state index contributed by atoms with van der Waals surface area (Å²) in [4.78, 5) is 16.3. The molecule has 1 aromatic heterocycles. The van der Waals surface area contributed by atoms with Gasteiger partial charge in [0.2, 0.25) is 0 Å². The van der Waals surface area contributed by atoms with Crippen LogP contribution in [-0.2, 0) is 0 Å². The van der Waals surface area contributed by atoms with E-state index in [9.17, 15) is 4.79 Å². The minimum absolute atomic E-state index is 0.127. The molecule has 2 N–H and O–H groups in total. The van der Waals surface area contributed by atoms with Crippen LogP contribution in [0.1, 0.15) is 10.4 Å². The van der Waals surface area contributed by atoms with Crippen LogP contribution >= 0.6 is 39.7 Å². The second-order valence-corrected chi connectivity index (χ2v) is 5.87. The number of ether oxygens (including phenoxy) is 1. The lowest BCUT2D eigenvalue weighted by atomic mass is 10.2. The smallest absolute Gasteiger partial charge is 0.261 e. The van der Waals surface area contributed by atoms with E-state index in [1.54, 1.807) is 30.5 Å². The van der Waals surface area contributed by atoms with Crippen molar-refractivity contribution >= 4 is 56.6 Å². The van der Waals surface area contributed by atoms with Crippen LogP contribution in [0.15, 0.2) is 41.0 Å². The number of nitrogens with one attached hydrogen (secondary N) is 2. The predicted octanol–water partition coefficient (Wildman–Crippen LogP) is 3.63. The fourth-order valence-corrected chi connectivity index (χ4v) is 2.23. The molecule has 0 aliphatic rings. The number of rotatable bonds is 3. The summed E-state index contributed by atoms with van der Waals surface area (Å²) in [6.45, 7) is 0. The van der Waals surface area contributed by atoms with Gasteiger partial charge in [-0.3, -0.25) is 10.1 Å². The zero-order chi connectivity index (χ0) is 16.1. The Labute approximate surface area is 146 Å². The Hall–Kier alpha value is -1.70. The van der Waals surface area contributed by atoms with Crippen molar-refractivity contribution in [2.45, 2.75) is 0 Å². The summed E-state index contributed by atoms with van der Waals surface area (Å²) in [5.74, 6) is 0.506. The molecule has 0 atom stereocenters. The topological polar surface area (TPSA) is 63.2 Å². The number of methoxy groups -OCH3 is 1. The molecule has 1 heterocycles. The summed E-state index contributed by atoms with van der Waals surface area (Å²) < 4.78 is 5.98. The van der Waals surface area contributed by atoms with Gasteiger partial charge in [0.05, 0.1) is 12.7 Å². The molecule has 0 saturated carbocycles. The quantitative estimate of drug-likeness (QED) is 0.770. The van der Waals surface area contributed by atoms with Gasteiger partial charge in [-0.25, -0.2) is 4.98 Å². The Morgan fingerprint density at radius 3 is 2.77 bits per heavy atom. The molecule has 0 saturated heterocycles. The van der Waals surface area contributed by atoms with E-state index in [1.165, 1.54) is 13.2 Å². The van der Waals surface area contributed by atoms with E-state index in [0.717, 1.165) is 4.47 Å². The molecule has 2 aromatic rings. The maximum absolute atomic E-state index is 12.2. The van der Waals surface area contributed by atoms with Crippen LogP contribution < -0.4 is 15.4 Å². The Kier molecular flexibility index (Phi) is 5.70. The highest BCUT2D eigenvalue weighted by molar-refractivity contribution is 9.10. The van der Waals surface area contributed by atoms with E-state index in [-0.39, 0.29) is 5.11 Å². The van der Waals surface area contributed by atoms with Crippen molar-refractivity contribution in [3.05, 3.63) is 51.6 Å². The number of aromatic nitrogens is 1. The summed E-state index contributed by atoms with van der Waals surface area (Å²) in [7, 11) is 1.47. The van der Waals surface area contributed by atoms with Crippen molar-refractivity contribution in [3.8, 4) is 5.75 Å². The molecule has 5 nitrogen and oxygen atoms in total. The number of hydrogen-bond acceptors (Lipinski definition) is 4. The van der Waals surface area contributed by atoms with Crippen molar-refractivity contribution in [1.29, 1.82) is 0 Å². The monoisotopic (exact) mass is 399 g/mol. The molecule has 0 radical (unpaired) electrons. The molecule has 22 heavy (non-hydrogen) atoms. The predicted molar refractivity (Wildman–Crippen MR) is 93.6 cm³/mol. The van der Waals surface area contributed by atoms with Gasteiger partial charge >= 0.3 is 0 Å². The first kappa shape index (κ1) is 16.7. The molecule has 0 spiro atoms. The van der Waals surface area contributed by atoms with Crippen LogP contribution in [0.25, 0.3) is 0 Å². The van der Waals surface area contributed by atoms with Gasteiger partial charge in [0.25, 0.3) is 5.91 Å². The third-order valence-corrected chi connectivity index (χ3v) is 3.51. The molecule has 0 bridgehead atoms. The lowest BCUT2D eigenvalue weighted by molar-refractivity contribution is 0.0975. The van der Waals surface area contributed by atoms with Gasteiger partial charge < -0.3 is 10.1 Å². The number of anilines is 1. The first-order valence-corrected chi connectivity index (χ1v) is 7.65. The summed E-state index contributed by atoms with van der Waals surface area (Å²) in [6, 6.07) is 8.29. The van der Waals surface area contributed by atoms with Gasteiger partial charge in [0.15, 0.2) is 5.11 Å². The largest absolute Gasteiger partial charge is 0.496 e. The molecule has 8 heteroatoms. The third-order valence-electron chi connectivity index (χ3n) is 2.60. The lowest BCUT2D eigenvalue weighted by Crippen LogP contribution is -2.34. The number of thiocarbonyl (C=S) groups is 1. The van der Waals surface area contributed by atoms with Gasteiger partial charge in [0.1, 0.15) is 11.6 Å². The van der Waals surface area contributed by atoms with Crippen LogP contribution in [-0.4, -0.2) is 23.1 Å². The van der Waals surface area contributed by atoms with Gasteiger partial charge in [-0.1, -0.05) is 11.6 Å². The van der Waals surface area contributed by atoms with Crippen molar-refractivity contribution < 1.29 is 9.53 Å². The van der Waals surface area contributed by atoms with Crippen molar-refractivity contribution in [2.24, 2.45) is 0 Å². The van der Waals surface area contributed by atoms with E-state index >= 15 is 0 Å². The standard InChI is InChI=1S/C14H11BrClN3O2S/c1-21-11-4-3-9(16)6-10(11)13(20)19-14(22)18-12-5-2-8(15)7-17-12/h2-7H,1H3,(H2,17,18,19,20,22). The zero-order valence-electron chi connectivity index (χ0n) is 11.4. The molecule has 0 unspecified atom stereocenters. The van der Waals surface area contributed by atoms with Crippen molar-refractivity contribution in [3.63, 3.8) is 0 Å². The van der Waals surface area contributed by atoms with Crippen LogP contribution in [0.4, 0.5) is 5.82 Å². The van der Waals surface area contributed by atoms with Crippen LogP contribution in [0.5, 0.6) is 5.75 Å². The second kappa shape index (κ2) is 7.53. The third kappa shape index (κ3) is 4.40. The number of halogens is 2. The fourth-order valence-electron chi connectivity index (χ4n) is 1.63. The number of benzene rings is 1. The minimum Gasteiger partial charge on any atom is -0.496 e. The van der Waals surface area contributed by atoms with Crippen LogP contribution in [0.2, 0.25) is 5.02 Å². The molecular formula is C14H11BrClN3O2S. The molecule has 1 amide bonds. The number of amides is 1. The first-order chi connectivity index (χ1) is 10.5. The van der Waals surface area contributed by atoms with Gasteiger partial charge in [0, 0.05) is 15.7 Å². The van der Waals surface area contributed by atoms with Crippen molar-refractivity contribution in [2.75, 3.05) is 12.4 Å². The maximum Gasteiger partial charge on any atom is 0.261 e. The average molecular weight is 401 g/mol. The summed E-state index contributed by atoms with van der Waals surface area (Å²) >= 11 is 14.3. The Morgan fingerprint density at radius 2 is 2.14 bits per heavy atom. The summed E-state index contributed by atoms with van der Waals surface area (Å²) in [5.41, 5.74) is 0.294. The Morgan fingerprint density at radius 1 is 1.36 bits per heavy atom. The highest BCUT2D eigenvalue weighted by atomic mass is 79.9. The second-order valence-electron chi connectivity index (χ2n) is 4.11. The average Bonchev–Trinajstić information content (AvgIpc) is 2.49. The zero-order valence-corrected chi connectivity index (χ0v) is 14.6. The molecule has 0 aliphatic heterocycles. The minimum atomic E-state index is -0.422. The molecule has 114 valence electrons. The number of hydrogen-bond donors (Lipinski definition) is 2. The van der Waals surface area contributed by atoms with Crippen LogP contribution in [0.3, 0.4) is 0 Å². The number of pyridine rings is 1. The van der Waals surface area contributed by atoms with Gasteiger partial charge in [-0.05, 0) is 58.5 Å². The molecular weight excluding hydrogens is 390 g/mol. The number of nitrogens with zero attached hydrogens (tertiary/aromatic N) is 1. The van der Waals surface area contributed by atoms with E-state index in [1.807, 2.05) is 0 Å². The van der Waals surface area contributed by atoms with E-state index in [4.69, 9.17) is 28.6 Å². The number of carbonyl (C=O) groups excluding carboxylic acids is 1.